The Balaban J connectivity index is 1.86. The number of carbonyl (C=O) groups is 2. The van der Waals surface area contributed by atoms with Crippen molar-refractivity contribution in [3.63, 3.8) is 0 Å². The van der Waals surface area contributed by atoms with Crippen molar-refractivity contribution in [2.45, 2.75) is 13.5 Å². The fourth-order valence-electron chi connectivity index (χ4n) is 1.46. The lowest BCUT2D eigenvalue weighted by molar-refractivity contribution is 0.101. The van der Waals surface area contributed by atoms with Crippen LogP contribution in [0.1, 0.15) is 23.0 Å². The molecule has 0 aliphatic rings. The Morgan fingerprint density at radius 3 is 2.53 bits per heavy atom. The van der Waals surface area contributed by atoms with Crippen LogP contribution >= 0.6 is 0 Å². The number of anilines is 1. The van der Waals surface area contributed by atoms with E-state index in [4.69, 9.17) is 0 Å². The van der Waals surface area contributed by atoms with E-state index in [1.807, 2.05) is 0 Å². The van der Waals surface area contributed by atoms with Gasteiger partial charge in [0, 0.05) is 17.3 Å². The predicted octanol–water partition coefficient (Wildman–Crippen LogP) is 2.20. The van der Waals surface area contributed by atoms with Gasteiger partial charge in [0.1, 0.15) is 12.0 Å². The van der Waals surface area contributed by atoms with Crippen molar-refractivity contribution in [3.05, 3.63) is 47.9 Å². The quantitative estimate of drug-likeness (QED) is 0.824. The lowest BCUT2D eigenvalue weighted by Gasteiger charge is -2.06. The lowest BCUT2D eigenvalue weighted by atomic mass is 10.1. The predicted molar refractivity (Wildman–Crippen MR) is 68.8 cm³/mol. The second kappa shape index (κ2) is 5.81. The molecule has 6 heteroatoms. The molecule has 19 heavy (non-hydrogen) atoms. The number of nitrogens with zero attached hydrogens (tertiary/aromatic N) is 1. The second-order valence-corrected chi connectivity index (χ2v) is 3.93. The maximum atomic E-state index is 11.6. The summed E-state index contributed by atoms with van der Waals surface area (Å²) in [5.41, 5.74) is 1.86. The summed E-state index contributed by atoms with van der Waals surface area (Å²) in [6, 6.07) is 7.99. The molecule has 2 aromatic rings. The molecule has 1 heterocycles. The Morgan fingerprint density at radius 1 is 1.21 bits per heavy atom. The fraction of sp³-hybridized carbons (Fsp3) is 0.154. The molecular weight excluding hydrogens is 246 g/mol. The van der Waals surface area contributed by atoms with Crippen LogP contribution in [0.4, 0.5) is 10.5 Å². The summed E-state index contributed by atoms with van der Waals surface area (Å²) >= 11 is 0. The van der Waals surface area contributed by atoms with Gasteiger partial charge in [-0.2, -0.15) is 0 Å². The second-order valence-electron chi connectivity index (χ2n) is 3.93. The molecule has 0 saturated heterocycles. The van der Waals surface area contributed by atoms with Crippen LogP contribution in [0.3, 0.4) is 0 Å². The standard InChI is InChI=1S/C13H13N3O3/c1-9(17)10-2-4-11(5-3-10)15-13(18)14-8-12-6-7-19-16-12/h2-7H,8H2,1H3,(H2,14,15,18). The molecule has 0 radical (unpaired) electrons. The van der Waals surface area contributed by atoms with E-state index in [9.17, 15) is 9.59 Å². The molecule has 0 spiro atoms. The third-order valence-electron chi connectivity index (χ3n) is 2.47. The number of benzene rings is 1. The zero-order chi connectivity index (χ0) is 13.7. The van der Waals surface area contributed by atoms with E-state index >= 15 is 0 Å². The number of hydrogen-bond donors (Lipinski definition) is 2. The number of amides is 2. The number of aromatic nitrogens is 1. The maximum Gasteiger partial charge on any atom is 0.319 e. The Labute approximate surface area is 109 Å². The first-order valence-corrected chi connectivity index (χ1v) is 5.70. The zero-order valence-electron chi connectivity index (χ0n) is 10.3. The molecule has 0 unspecified atom stereocenters. The van der Waals surface area contributed by atoms with Gasteiger partial charge >= 0.3 is 6.03 Å². The first-order valence-electron chi connectivity index (χ1n) is 5.70. The molecule has 6 nitrogen and oxygen atoms in total. The highest BCUT2D eigenvalue weighted by atomic mass is 16.5. The fourth-order valence-corrected chi connectivity index (χ4v) is 1.46. The third kappa shape index (κ3) is 3.67. The van der Waals surface area contributed by atoms with Crippen molar-refractivity contribution in [1.29, 1.82) is 0 Å². The van der Waals surface area contributed by atoms with Crippen molar-refractivity contribution < 1.29 is 14.1 Å². The first-order chi connectivity index (χ1) is 9.15. The Bertz CT molecular complexity index is 561. The van der Waals surface area contributed by atoms with Crippen LogP contribution in [-0.4, -0.2) is 17.0 Å². The Kier molecular flexibility index (Phi) is 3.92. The number of hydrogen-bond acceptors (Lipinski definition) is 4. The molecule has 0 aliphatic carbocycles. The van der Waals surface area contributed by atoms with Gasteiger partial charge in [0.15, 0.2) is 5.78 Å². The summed E-state index contributed by atoms with van der Waals surface area (Å²) in [5, 5.41) is 8.95. The van der Waals surface area contributed by atoms with Crippen LogP contribution in [0.2, 0.25) is 0 Å². The molecule has 0 saturated carbocycles. The molecule has 2 amide bonds. The summed E-state index contributed by atoms with van der Waals surface area (Å²) in [6.07, 6.45) is 1.44. The van der Waals surface area contributed by atoms with Crippen molar-refractivity contribution in [3.8, 4) is 0 Å². The number of rotatable bonds is 4. The number of urea groups is 1. The summed E-state index contributed by atoms with van der Waals surface area (Å²) in [7, 11) is 0. The van der Waals surface area contributed by atoms with Crippen LogP contribution in [0.5, 0.6) is 0 Å². The molecule has 0 bridgehead atoms. The van der Waals surface area contributed by atoms with Gasteiger partial charge in [0.05, 0.1) is 6.54 Å². The zero-order valence-corrected chi connectivity index (χ0v) is 10.3. The topological polar surface area (TPSA) is 84.2 Å². The lowest BCUT2D eigenvalue weighted by Crippen LogP contribution is -2.28. The van der Waals surface area contributed by atoms with Crippen LogP contribution in [0.25, 0.3) is 0 Å². The molecular formula is C13H13N3O3. The SMILES string of the molecule is CC(=O)c1ccc(NC(=O)NCc2ccon2)cc1. The van der Waals surface area contributed by atoms with E-state index in [0.29, 0.717) is 16.9 Å². The average Bonchev–Trinajstić information content (AvgIpc) is 2.90. The molecule has 2 rings (SSSR count). The largest absolute Gasteiger partial charge is 0.364 e. The van der Waals surface area contributed by atoms with Gasteiger partial charge in [-0.3, -0.25) is 4.79 Å². The minimum absolute atomic E-state index is 0.0120. The number of carbonyl (C=O) groups excluding carboxylic acids is 2. The van der Waals surface area contributed by atoms with Crippen molar-refractivity contribution in [1.82, 2.24) is 10.5 Å². The van der Waals surface area contributed by atoms with Gasteiger partial charge in [0.2, 0.25) is 0 Å². The smallest absolute Gasteiger partial charge is 0.319 e. The van der Waals surface area contributed by atoms with E-state index in [-0.39, 0.29) is 18.4 Å². The van der Waals surface area contributed by atoms with Crippen LogP contribution < -0.4 is 10.6 Å². The van der Waals surface area contributed by atoms with Crippen molar-refractivity contribution in [2.24, 2.45) is 0 Å². The normalized spacial score (nSPS) is 9.95. The van der Waals surface area contributed by atoms with Gasteiger partial charge in [0.25, 0.3) is 0 Å². The summed E-state index contributed by atoms with van der Waals surface area (Å²) in [6.45, 7) is 1.78. The average molecular weight is 259 g/mol. The maximum absolute atomic E-state index is 11.6. The summed E-state index contributed by atoms with van der Waals surface area (Å²) in [5.74, 6) is -0.0120. The van der Waals surface area contributed by atoms with Gasteiger partial charge in [-0.05, 0) is 31.2 Å². The number of Topliss-reactive ketones (excluding diaryl/α,β-unsaturated/α-hetero) is 1. The third-order valence-corrected chi connectivity index (χ3v) is 2.47. The number of nitrogens with one attached hydrogen (secondary N) is 2. The van der Waals surface area contributed by atoms with E-state index in [2.05, 4.69) is 20.3 Å². The van der Waals surface area contributed by atoms with Gasteiger partial charge in [-0.25, -0.2) is 4.79 Å². The van der Waals surface area contributed by atoms with E-state index < -0.39 is 0 Å². The Morgan fingerprint density at radius 2 is 1.95 bits per heavy atom. The van der Waals surface area contributed by atoms with Crippen LogP contribution in [-0.2, 0) is 6.54 Å². The molecule has 0 aliphatic heterocycles. The molecule has 1 aromatic carbocycles. The van der Waals surface area contributed by atoms with E-state index in [1.165, 1.54) is 13.2 Å². The Hall–Kier alpha value is -2.63. The van der Waals surface area contributed by atoms with Crippen LogP contribution in [0, 0.1) is 0 Å². The minimum atomic E-state index is -0.349. The van der Waals surface area contributed by atoms with E-state index in [0.717, 1.165) is 0 Å². The highest BCUT2D eigenvalue weighted by molar-refractivity contribution is 5.95. The highest BCUT2D eigenvalue weighted by Crippen LogP contribution is 2.09. The minimum Gasteiger partial charge on any atom is -0.364 e. The molecule has 2 N–H and O–H groups in total. The monoisotopic (exact) mass is 259 g/mol. The number of ketones is 1. The van der Waals surface area contributed by atoms with Gasteiger partial charge in [-0.15, -0.1) is 0 Å². The first kappa shape index (κ1) is 12.8. The summed E-state index contributed by atoms with van der Waals surface area (Å²) < 4.78 is 4.65. The van der Waals surface area contributed by atoms with Crippen molar-refractivity contribution in [2.75, 3.05) is 5.32 Å². The molecule has 1 aromatic heterocycles. The van der Waals surface area contributed by atoms with Crippen LogP contribution in [0.15, 0.2) is 41.1 Å². The van der Waals surface area contributed by atoms with Gasteiger partial charge < -0.3 is 15.2 Å². The molecule has 98 valence electrons. The highest BCUT2D eigenvalue weighted by Gasteiger charge is 2.04. The van der Waals surface area contributed by atoms with Gasteiger partial charge in [-0.1, -0.05) is 5.16 Å². The molecule has 0 atom stereocenters. The summed E-state index contributed by atoms with van der Waals surface area (Å²) in [4.78, 5) is 22.7. The molecule has 0 fully saturated rings. The van der Waals surface area contributed by atoms with E-state index in [1.54, 1.807) is 30.3 Å². The van der Waals surface area contributed by atoms with Crippen molar-refractivity contribution >= 4 is 17.5 Å².